The van der Waals surface area contributed by atoms with Crippen LogP contribution in [0.1, 0.15) is 15.9 Å². The lowest BCUT2D eigenvalue weighted by Crippen LogP contribution is -2.12. The van der Waals surface area contributed by atoms with Crippen molar-refractivity contribution in [1.29, 1.82) is 0 Å². The summed E-state index contributed by atoms with van der Waals surface area (Å²) in [6.07, 6.45) is 2.93. The fourth-order valence-electron chi connectivity index (χ4n) is 3.06. The average molecular weight is 457 g/mol. The van der Waals surface area contributed by atoms with Crippen molar-refractivity contribution in [2.24, 2.45) is 0 Å². The number of halogens is 1. The number of benzene rings is 2. The summed E-state index contributed by atoms with van der Waals surface area (Å²) in [5, 5.41) is 17.2. The molecular formula is C20H17BrN4O2S. The van der Waals surface area contributed by atoms with Gasteiger partial charge in [0.1, 0.15) is 5.75 Å². The number of phenols is 1. The maximum atomic E-state index is 11.8. The summed E-state index contributed by atoms with van der Waals surface area (Å²) in [6, 6.07) is 13.1. The van der Waals surface area contributed by atoms with Gasteiger partial charge >= 0.3 is 0 Å². The number of carbonyl (C=O) groups excluding carboxylic acids is 1. The van der Waals surface area contributed by atoms with E-state index in [2.05, 4.69) is 47.9 Å². The second-order valence-corrected chi connectivity index (χ2v) is 7.48. The molecule has 2 aromatic heterocycles. The second-order valence-electron chi connectivity index (χ2n) is 6.23. The number of aromatic hydroxyl groups is 1. The fourth-order valence-corrected chi connectivity index (χ4v) is 4.02. The van der Waals surface area contributed by atoms with Gasteiger partial charge in [0, 0.05) is 50.7 Å². The number of amides is 1. The number of thiazole rings is 1. The highest BCUT2D eigenvalue weighted by molar-refractivity contribution is 9.08. The van der Waals surface area contributed by atoms with Crippen molar-refractivity contribution in [1.82, 2.24) is 14.3 Å². The van der Waals surface area contributed by atoms with Crippen LogP contribution >= 0.6 is 27.5 Å². The number of fused-ring (bicyclic) bond motifs is 1. The van der Waals surface area contributed by atoms with Crippen LogP contribution in [0.3, 0.4) is 0 Å². The number of aromatic amines is 1. The lowest BCUT2D eigenvalue weighted by atomic mass is 10.1. The van der Waals surface area contributed by atoms with Crippen LogP contribution in [-0.4, -0.2) is 27.5 Å². The van der Waals surface area contributed by atoms with E-state index < -0.39 is 5.91 Å². The molecule has 2 heterocycles. The van der Waals surface area contributed by atoms with Crippen molar-refractivity contribution in [3.63, 3.8) is 0 Å². The summed E-state index contributed by atoms with van der Waals surface area (Å²) in [7, 11) is 0. The van der Waals surface area contributed by atoms with Gasteiger partial charge in [-0.3, -0.25) is 9.14 Å². The van der Waals surface area contributed by atoms with Gasteiger partial charge in [-0.2, -0.15) is 0 Å². The van der Waals surface area contributed by atoms with Crippen LogP contribution in [0.5, 0.6) is 5.75 Å². The van der Waals surface area contributed by atoms with E-state index >= 15 is 0 Å². The molecule has 0 unspecified atom stereocenters. The zero-order valence-corrected chi connectivity index (χ0v) is 17.1. The third-order valence-corrected chi connectivity index (χ3v) is 5.63. The first kappa shape index (κ1) is 18.5. The van der Waals surface area contributed by atoms with Crippen LogP contribution in [0.2, 0.25) is 0 Å². The molecule has 0 aliphatic rings. The van der Waals surface area contributed by atoms with Crippen LogP contribution in [0.25, 0.3) is 22.2 Å². The Hall–Kier alpha value is -2.84. The second kappa shape index (κ2) is 8.04. The highest BCUT2D eigenvalue weighted by Gasteiger charge is 2.13. The number of nitrogens with one attached hydrogen (secondary N) is 3. The van der Waals surface area contributed by atoms with Crippen molar-refractivity contribution in [2.45, 2.75) is 6.42 Å². The molecular weight excluding hydrogens is 440 g/mol. The fraction of sp³-hybridized carbons (Fsp3) is 0.100. The van der Waals surface area contributed by atoms with E-state index in [4.69, 9.17) is 0 Å². The molecule has 0 bridgehead atoms. The maximum absolute atomic E-state index is 11.8. The predicted octanol–water partition coefficient (Wildman–Crippen LogP) is 4.69. The first-order valence-corrected chi connectivity index (χ1v) is 10.3. The van der Waals surface area contributed by atoms with Crippen LogP contribution in [-0.2, 0) is 6.42 Å². The monoisotopic (exact) mass is 456 g/mol. The van der Waals surface area contributed by atoms with Crippen molar-refractivity contribution >= 4 is 49.4 Å². The smallest absolute Gasteiger partial charge is 0.264 e. The number of hydrogen-bond acceptors (Lipinski definition) is 5. The summed E-state index contributed by atoms with van der Waals surface area (Å²) in [4.78, 5) is 19.7. The Morgan fingerprint density at radius 2 is 2.11 bits per heavy atom. The number of para-hydroxylation sites is 1. The molecule has 8 heteroatoms. The van der Waals surface area contributed by atoms with Gasteiger partial charge in [-0.1, -0.05) is 18.2 Å². The van der Waals surface area contributed by atoms with Gasteiger partial charge in [0.05, 0.1) is 11.3 Å². The Morgan fingerprint density at radius 3 is 2.96 bits per heavy atom. The molecule has 6 nitrogen and oxygen atoms in total. The topological polar surface area (TPSA) is 90.0 Å². The summed E-state index contributed by atoms with van der Waals surface area (Å²) in [6.45, 7) is 0.765. The van der Waals surface area contributed by atoms with Gasteiger partial charge in [0.2, 0.25) is 0 Å². The van der Waals surface area contributed by atoms with E-state index in [-0.39, 0.29) is 11.3 Å². The molecule has 1 amide bonds. The number of rotatable bonds is 6. The van der Waals surface area contributed by atoms with Crippen LogP contribution in [0.4, 0.5) is 5.13 Å². The van der Waals surface area contributed by atoms with Crippen molar-refractivity contribution in [3.8, 4) is 17.0 Å². The standard InChI is InChI=1S/C20H17BrN4O2S/c21-25-19(27)15-9-12(5-6-18(15)26)17-11-28-20(24-17)22-8-7-13-10-23-16-4-2-1-3-14(13)16/h1-6,9-11,23,26H,7-8H2,(H,22,24)(H,25,27). The molecule has 0 saturated heterocycles. The Kier molecular flexibility index (Phi) is 5.31. The summed E-state index contributed by atoms with van der Waals surface area (Å²) in [5.74, 6) is -0.486. The van der Waals surface area contributed by atoms with Crippen LogP contribution < -0.4 is 9.66 Å². The molecule has 4 aromatic rings. The van der Waals surface area contributed by atoms with Crippen LogP contribution in [0, 0.1) is 0 Å². The Bertz CT molecular complexity index is 1140. The molecule has 0 atom stereocenters. The Morgan fingerprint density at radius 1 is 1.25 bits per heavy atom. The minimum atomic E-state index is -0.411. The Labute approximate surface area is 174 Å². The van der Waals surface area contributed by atoms with Crippen molar-refractivity contribution < 1.29 is 9.90 Å². The minimum absolute atomic E-state index is 0.0759. The zero-order chi connectivity index (χ0) is 19.5. The number of aromatic nitrogens is 2. The maximum Gasteiger partial charge on any atom is 0.264 e. The van der Waals surface area contributed by atoms with Gasteiger partial charge in [-0.05, 0) is 36.2 Å². The number of nitrogens with zero attached hydrogens (tertiary/aromatic N) is 1. The van der Waals surface area contributed by atoms with Crippen molar-refractivity contribution in [2.75, 3.05) is 11.9 Å². The van der Waals surface area contributed by atoms with Crippen LogP contribution in [0.15, 0.2) is 54.0 Å². The largest absolute Gasteiger partial charge is 0.507 e. The van der Waals surface area contributed by atoms with E-state index in [9.17, 15) is 9.90 Å². The molecule has 4 rings (SSSR count). The summed E-state index contributed by atoms with van der Waals surface area (Å²) in [5.41, 5.74) is 4.12. The van der Waals surface area contributed by atoms with E-state index in [0.717, 1.165) is 34.9 Å². The molecule has 0 aliphatic heterocycles. The quantitative estimate of drug-likeness (QED) is 0.316. The molecule has 0 aliphatic carbocycles. The van der Waals surface area contributed by atoms with Crippen molar-refractivity contribution in [3.05, 3.63) is 65.2 Å². The summed E-state index contributed by atoms with van der Waals surface area (Å²) >= 11 is 4.40. The first-order chi connectivity index (χ1) is 13.7. The number of phenolic OH excluding ortho intramolecular Hbond substituents is 1. The molecule has 4 N–H and O–H groups in total. The molecule has 2 aromatic carbocycles. The average Bonchev–Trinajstić information content (AvgIpc) is 3.35. The SMILES string of the molecule is O=C(NBr)c1cc(-c2csc(NCCc3c[nH]c4ccccc34)n2)ccc1O. The lowest BCUT2D eigenvalue weighted by molar-refractivity contribution is 0.0984. The third kappa shape index (κ3) is 3.74. The molecule has 0 radical (unpaired) electrons. The molecule has 0 fully saturated rings. The van der Waals surface area contributed by atoms with Gasteiger partial charge in [-0.25, -0.2) is 4.98 Å². The normalized spacial score (nSPS) is 10.9. The van der Waals surface area contributed by atoms with Gasteiger partial charge in [0.15, 0.2) is 5.13 Å². The minimum Gasteiger partial charge on any atom is -0.507 e. The van der Waals surface area contributed by atoms with Gasteiger partial charge in [-0.15, -0.1) is 11.3 Å². The summed E-state index contributed by atoms with van der Waals surface area (Å²) < 4.78 is 2.34. The predicted molar refractivity (Wildman–Crippen MR) is 116 cm³/mol. The van der Waals surface area contributed by atoms with Gasteiger partial charge in [0.25, 0.3) is 5.91 Å². The number of carbonyl (C=O) groups is 1. The lowest BCUT2D eigenvalue weighted by Gasteiger charge is -2.05. The molecule has 142 valence electrons. The number of hydrogen-bond donors (Lipinski definition) is 4. The zero-order valence-electron chi connectivity index (χ0n) is 14.7. The highest BCUT2D eigenvalue weighted by Crippen LogP contribution is 2.29. The van der Waals surface area contributed by atoms with E-state index in [0.29, 0.717) is 0 Å². The number of H-pyrrole nitrogens is 1. The third-order valence-electron chi connectivity index (χ3n) is 4.47. The highest BCUT2D eigenvalue weighted by atomic mass is 79.9. The van der Waals surface area contributed by atoms with E-state index in [1.807, 2.05) is 23.7 Å². The number of anilines is 1. The first-order valence-electron chi connectivity index (χ1n) is 8.64. The molecule has 0 saturated carbocycles. The molecule has 0 spiro atoms. The molecule has 28 heavy (non-hydrogen) atoms. The van der Waals surface area contributed by atoms with E-state index in [1.165, 1.54) is 28.4 Å². The van der Waals surface area contributed by atoms with Gasteiger partial charge < -0.3 is 15.4 Å². The van der Waals surface area contributed by atoms with E-state index in [1.54, 1.807) is 12.1 Å². The Balaban J connectivity index is 1.44.